The first kappa shape index (κ1) is 12.9. The molecule has 0 fully saturated rings. The fourth-order valence-corrected chi connectivity index (χ4v) is 2.26. The Balaban J connectivity index is 1.92. The third kappa shape index (κ3) is 3.25. The molecule has 94 valence electrons. The van der Waals surface area contributed by atoms with Gasteiger partial charge in [-0.05, 0) is 31.5 Å². The van der Waals surface area contributed by atoms with Gasteiger partial charge in [0.2, 0.25) is 0 Å². The van der Waals surface area contributed by atoms with Gasteiger partial charge in [-0.15, -0.1) is 0 Å². The summed E-state index contributed by atoms with van der Waals surface area (Å²) in [7, 11) is 0. The molecule has 18 heavy (non-hydrogen) atoms. The third-order valence-electron chi connectivity index (χ3n) is 3.04. The van der Waals surface area contributed by atoms with E-state index >= 15 is 0 Å². The Labute approximate surface area is 112 Å². The smallest absolute Gasteiger partial charge is 0.103 e. The Kier molecular flexibility index (Phi) is 4.63. The Morgan fingerprint density at radius 3 is 3.06 bits per heavy atom. The molecule has 1 aromatic carbocycles. The predicted molar refractivity (Wildman–Crippen MR) is 74.8 cm³/mol. The van der Waals surface area contributed by atoms with Crippen molar-refractivity contribution >= 4 is 17.3 Å². The first-order valence-electron chi connectivity index (χ1n) is 6.12. The van der Waals surface area contributed by atoms with E-state index in [1.807, 2.05) is 12.1 Å². The van der Waals surface area contributed by atoms with Crippen molar-refractivity contribution in [2.45, 2.75) is 12.8 Å². The largest absolute Gasteiger partial charge is 0.384 e. The van der Waals surface area contributed by atoms with Crippen molar-refractivity contribution in [3.63, 3.8) is 0 Å². The van der Waals surface area contributed by atoms with Crippen LogP contribution < -0.4 is 10.6 Å². The molecule has 3 nitrogen and oxygen atoms in total. The molecule has 4 heteroatoms. The number of rotatable bonds is 4. The van der Waals surface area contributed by atoms with E-state index in [-0.39, 0.29) is 0 Å². The van der Waals surface area contributed by atoms with Crippen molar-refractivity contribution in [2.75, 3.05) is 25.0 Å². The maximum Gasteiger partial charge on any atom is 0.103 e. The van der Waals surface area contributed by atoms with Crippen LogP contribution in [-0.4, -0.2) is 19.6 Å². The van der Waals surface area contributed by atoms with Crippen LogP contribution in [0.5, 0.6) is 0 Å². The van der Waals surface area contributed by atoms with Crippen molar-refractivity contribution in [1.82, 2.24) is 5.32 Å². The van der Waals surface area contributed by atoms with Gasteiger partial charge in [0, 0.05) is 13.1 Å². The molecule has 0 radical (unpaired) electrons. The van der Waals surface area contributed by atoms with E-state index < -0.39 is 0 Å². The average Bonchev–Trinajstić information content (AvgIpc) is 2.40. The van der Waals surface area contributed by atoms with Crippen LogP contribution in [-0.2, 0) is 0 Å². The molecule has 0 aromatic heterocycles. The monoisotopic (exact) mass is 261 g/mol. The number of nitrogens with zero attached hydrogens (tertiary/aromatic N) is 1. The van der Waals surface area contributed by atoms with E-state index in [1.165, 1.54) is 5.57 Å². The topological polar surface area (TPSA) is 47.9 Å². The summed E-state index contributed by atoms with van der Waals surface area (Å²) in [6.07, 6.45) is 4.37. The first-order valence-corrected chi connectivity index (χ1v) is 6.50. The van der Waals surface area contributed by atoms with Crippen molar-refractivity contribution < 1.29 is 0 Å². The Bertz CT molecular complexity index is 488. The van der Waals surface area contributed by atoms with Gasteiger partial charge >= 0.3 is 0 Å². The van der Waals surface area contributed by atoms with Crippen LogP contribution in [0.25, 0.3) is 0 Å². The molecule has 0 atom stereocenters. The maximum absolute atomic E-state index is 9.05. The van der Waals surface area contributed by atoms with Gasteiger partial charge in [-0.2, -0.15) is 5.26 Å². The van der Waals surface area contributed by atoms with E-state index in [0.29, 0.717) is 10.6 Å². The number of hydrogen-bond donors (Lipinski definition) is 2. The van der Waals surface area contributed by atoms with Crippen molar-refractivity contribution in [3.8, 4) is 6.07 Å². The molecule has 1 aromatic rings. The lowest BCUT2D eigenvalue weighted by molar-refractivity contribution is 0.683. The summed E-state index contributed by atoms with van der Waals surface area (Å²) in [4.78, 5) is 0. The zero-order chi connectivity index (χ0) is 12.8. The van der Waals surface area contributed by atoms with Gasteiger partial charge in [-0.1, -0.05) is 29.3 Å². The number of halogens is 1. The second kappa shape index (κ2) is 6.44. The number of hydrogen-bond acceptors (Lipinski definition) is 3. The minimum Gasteiger partial charge on any atom is -0.384 e. The lowest BCUT2D eigenvalue weighted by Crippen LogP contribution is -2.21. The fourth-order valence-electron chi connectivity index (χ4n) is 2.04. The molecular weight excluding hydrogens is 246 g/mol. The lowest BCUT2D eigenvalue weighted by atomic mass is 10.1. The van der Waals surface area contributed by atoms with Crippen LogP contribution in [0.4, 0.5) is 5.69 Å². The summed E-state index contributed by atoms with van der Waals surface area (Å²) in [5, 5.41) is 16.1. The number of benzene rings is 1. The molecule has 0 saturated heterocycles. The summed E-state index contributed by atoms with van der Waals surface area (Å²) in [5.41, 5.74) is 2.82. The Morgan fingerprint density at radius 1 is 1.44 bits per heavy atom. The van der Waals surface area contributed by atoms with E-state index in [0.717, 1.165) is 38.2 Å². The van der Waals surface area contributed by atoms with Crippen molar-refractivity contribution in [2.24, 2.45) is 0 Å². The van der Waals surface area contributed by atoms with Gasteiger partial charge in [-0.3, -0.25) is 0 Å². The molecule has 0 saturated carbocycles. The van der Waals surface area contributed by atoms with Crippen LogP contribution in [0.1, 0.15) is 18.4 Å². The third-order valence-corrected chi connectivity index (χ3v) is 3.36. The van der Waals surface area contributed by atoms with Gasteiger partial charge < -0.3 is 10.6 Å². The zero-order valence-electron chi connectivity index (χ0n) is 10.2. The normalized spacial score (nSPS) is 14.8. The lowest BCUT2D eigenvalue weighted by Gasteiger charge is -2.15. The van der Waals surface area contributed by atoms with Crippen LogP contribution in [0.2, 0.25) is 5.02 Å². The quantitative estimate of drug-likeness (QED) is 0.820. The molecule has 0 bridgehead atoms. The summed E-state index contributed by atoms with van der Waals surface area (Å²) in [5.74, 6) is 0. The summed E-state index contributed by atoms with van der Waals surface area (Å²) in [6.45, 7) is 2.86. The molecule has 0 unspecified atom stereocenters. The average molecular weight is 262 g/mol. The molecule has 0 spiro atoms. The highest BCUT2D eigenvalue weighted by Gasteiger charge is 2.06. The standard InChI is InChI=1S/C14H16ClN3/c15-13-2-1-3-14(12(13)10-16)18-9-6-11-4-7-17-8-5-11/h1-4,17-18H,5-9H2. The van der Waals surface area contributed by atoms with E-state index in [2.05, 4.69) is 22.8 Å². The number of anilines is 1. The van der Waals surface area contributed by atoms with E-state index in [1.54, 1.807) is 6.07 Å². The maximum atomic E-state index is 9.05. The molecule has 0 aliphatic carbocycles. The van der Waals surface area contributed by atoms with Gasteiger partial charge in [0.1, 0.15) is 6.07 Å². The van der Waals surface area contributed by atoms with Crippen molar-refractivity contribution in [3.05, 3.63) is 40.4 Å². The summed E-state index contributed by atoms with van der Waals surface area (Å²) in [6, 6.07) is 7.62. The summed E-state index contributed by atoms with van der Waals surface area (Å²) < 4.78 is 0. The predicted octanol–water partition coefficient (Wildman–Crippen LogP) is 2.93. The molecule has 1 aliphatic rings. The first-order chi connectivity index (χ1) is 8.81. The highest BCUT2D eigenvalue weighted by atomic mass is 35.5. The molecule has 1 aliphatic heterocycles. The highest BCUT2D eigenvalue weighted by molar-refractivity contribution is 6.32. The Hall–Kier alpha value is -1.50. The zero-order valence-corrected chi connectivity index (χ0v) is 10.9. The minimum atomic E-state index is 0.503. The second-order valence-corrected chi connectivity index (χ2v) is 4.67. The number of nitrogens with one attached hydrogen (secondary N) is 2. The van der Waals surface area contributed by atoms with Gasteiger partial charge in [0.25, 0.3) is 0 Å². The van der Waals surface area contributed by atoms with Gasteiger partial charge in [-0.25, -0.2) is 0 Å². The van der Waals surface area contributed by atoms with E-state index in [4.69, 9.17) is 16.9 Å². The SMILES string of the molecule is N#Cc1c(Cl)cccc1NCCC1=CCNCC1. The minimum absolute atomic E-state index is 0.503. The van der Waals surface area contributed by atoms with Crippen LogP contribution in [0.3, 0.4) is 0 Å². The van der Waals surface area contributed by atoms with Gasteiger partial charge in [0.05, 0.1) is 16.3 Å². The van der Waals surface area contributed by atoms with Crippen LogP contribution in [0.15, 0.2) is 29.8 Å². The second-order valence-electron chi connectivity index (χ2n) is 4.27. The molecular formula is C14H16ClN3. The number of nitriles is 1. The molecule has 2 rings (SSSR count). The van der Waals surface area contributed by atoms with Crippen LogP contribution in [0, 0.1) is 11.3 Å². The fraction of sp³-hybridized carbons (Fsp3) is 0.357. The van der Waals surface area contributed by atoms with Crippen LogP contribution >= 0.6 is 11.6 Å². The molecule has 2 N–H and O–H groups in total. The molecule has 0 amide bonds. The van der Waals surface area contributed by atoms with Gasteiger partial charge in [0.15, 0.2) is 0 Å². The van der Waals surface area contributed by atoms with E-state index in [9.17, 15) is 0 Å². The summed E-state index contributed by atoms with van der Waals surface area (Å²) >= 11 is 5.97. The highest BCUT2D eigenvalue weighted by Crippen LogP contribution is 2.23. The van der Waals surface area contributed by atoms with Crippen molar-refractivity contribution in [1.29, 1.82) is 5.26 Å². The Morgan fingerprint density at radius 2 is 2.33 bits per heavy atom. The molecule has 1 heterocycles.